The second-order valence-electron chi connectivity index (χ2n) is 4.22. The van der Waals surface area contributed by atoms with E-state index in [4.69, 9.17) is 0 Å². The van der Waals surface area contributed by atoms with Crippen LogP contribution in [0.5, 0.6) is 0 Å². The van der Waals surface area contributed by atoms with Crippen molar-refractivity contribution in [3.8, 4) is 0 Å². The zero-order valence-corrected chi connectivity index (χ0v) is 9.89. The Morgan fingerprint density at radius 2 is 2.47 bits per heavy atom. The van der Waals surface area contributed by atoms with Crippen LogP contribution in [0.1, 0.15) is 23.2 Å². The largest absolute Gasteiger partial charge is 0.391 e. The second-order valence-corrected chi connectivity index (χ2v) is 4.22. The van der Waals surface area contributed by atoms with Gasteiger partial charge >= 0.3 is 0 Å². The van der Waals surface area contributed by atoms with Crippen LogP contribution in [0, 0.1) is 0 Å². The van der Waals surface area contributed by atoms with E-state index in [-0.39, 0.29) is 5.91 Å². The van der Waals surface area contributed by atoms with Gasteiger partial charge in [-0.1, -0.05) is 0 Å². The van der Waals surface area contributed by atoms with Crippen molar-refractivity contribution in [2.24, 2.45) is 0 Å². The number of carbonyl (C=O) groups excluding carboxylic acids is 1. The summed E-state index contributed by atoms with van der Waals surface area (Å²) in [6.45, 7) is 1.12. The van der Waals surface area contributed by atoms with Gasteiger partial charge in [0.25, 0.3) is 5.91 Å². The number of rotatable bonds is 2. The Labute approximate surface area is 100 Å². The van der Waals surface area contributed by atoms with E-state index in [1.54, 1.807) is 30.4 Å². The summed E-state index contributed by atoms with van der Waals surface area (Å²) < 4.78 is 0. The average Bonchev–Trinajstić information content (AvgIpc) is 2.38. The summed E-state index contributed by atoms with van der Waals surface area (Å²) in [6, 6.07) is 1.77. The molecule has 1 saturated heterocycles. The van der Waals surface area contributed by atoms with Gasteiger partial charge in [-0.2, -0.15) is 0 Å². The first-order valence-corrected chi connectivity index (χ1v) is 5.81. The van der Waals surface area contributed by atoms with E-state index in [9.17, 15) is 9.90 Å². The van der Waals surface area contributed by atoms with Crippen LogP contribution in [0.3, 0.4) is 0 Å². The number of nitrogens with one attached hydrogen (secondary N) is 1. The van der Waals surface area contributed by atoms with Crippen LogP contribution in [-0.2, 0) is 0 Å². The van der Waals surface area contributed by atoms with Gasteiger partial charge in [0.05, 0.1) is 11.7 Å². The van der Waals surface area contributed by atoms with E-state index in [0.29, 0.717) is 18.7 Å². The molecule has 2 N–H and O–H groups in total. The van der Waals surface area contributed by atoms with Crippen LogP contribution in [0.4, 0.5) is 5.69 Å². The number of likely N-dealkylation sites (tertiary alicyclic amines) is 1. The molecule has 0 aromatic carbocycles. The average molecular weight is 235 g/mol. The first kappa shape index (κ1) is 11.9. The molecule has 1 fully saturated rings. The highest BCUT2D eigenvalue weighted by Crippen LogP contribution is 2.18. The van der Waals surface area contributed by atoms with Crippen molar-refractivity contribution in [1.82, 2.24) is 9.88 Å². The minimum atomic E-state index is -0.401. The quantitative estimate of drug-likeness (QED) is 0.792. The smallest absolute Gasteiger partial charge is 0.257 e. The van der Waals surface area contributed by atoms with Crippen LogP contribution in [0.15, 0.2) is 18.5 Å². The summed E-state index contributed by atoms with van der Waals surface area (Å²) in [7, 11) is 1.77. The van der Waals surface area contributed by atoms with Gasteiger partial charge in [0.2, 0.25) is 0 Å². The summed E-state index contributed by atoms with van der Waals surface area (Å²) in [6.07, 6.45) is 4.43. The highest BCUT2D eigenvalue weighted by molar-refractivity contribution is 5.99. The summed E-state index contributed by atoms with van der Waals surface area (Å²) in [5, 5.41) is 12.6. The maximum absolute atomic E-state index is 12.3. The van der Waals surface area contributed by atoms with Crippen molar-refractivity contribution in [2.75, 3.05) is 25.5 Å². The lowest BCUT2D eigenvalue weighted by Gasteiger charge is -2.30. The first-order valence-electron chi connectivity index (χ1n) is 5.81. The molecule has 1 aliphatic rings. The lowest BCUT2D eigenvalue weighted by Crippen LogP contribution is -2.42. The highest BCUT2D eigenvalue weighted by Gasteiger charge is 2.24. The summed E-state index contributed by atoms with van der Waals surface area (Å²) >= 11 is 0. The number of aliphatic hydroxyl groups excluding tert-OH is 1. The first-order chi connectivity index (χ1) is 8.22. The van der Waals surface area contributed by atoms with E-state index in [2.05, 4.69) is 10.3 Å². The number of piperidine rings is 1. The molecule has 1 aromatic rings. The van der Waals surface area contributed by atoms with Gasteiger partial charge in [-0.3, -0.25) is 9.78 Å². The minimum Gasteiger partial charge on any atom is -0.391 e. The van der Waals surface area contributed by atoms with E-state index in [1.807, 2.05) is 0 Å². The Morgan fingerprint density at radius 3 is 3.18 bits per heavy atom. The lowest BCUT2D eigenvalue weighted by atomic mass is 10.1. The Kier molecular flexibility index (Phi) is 3.58. The molecule has 0 saturated carbocycles. The predicted octanol–water partition coefficient (Wildman–Crippen LogP) is 0.720. The topological polar surface area (TPSA) is 65.5 Å². The third kappa shape index (κ3) is 2.55. The molecule has 17 heavy (non-hydrogen) atoms. The van der Waals surface area contributed by atoms with Crippen molar-refractivity contribution >= 4 is 11.6 Å². The van der Waals surface area contributed by atoms with E-state index >= 15 is 0 Å². The number of aromatic nitrogens is 1. The number of nitrogens with zero attached hydrogens (tertiary/aromatic N) is 2. The molecule has 0 spiro atoms. The van der Waals surface area contributed by atoms with Gasteiger partial charge in [-0.05, 0) is 18.9 Å². The predicted molar refractivity (Wildman–Crippen MR) is 64.9 cm³/mol. The maximum Gasteiger partial charge on any atom is 0.257 e. The fraction of sp³-hybridized carbons (Fsp3) is 0.500. The Bertz CT molecular complexity index is 408. The molecule has 2 rings (SSSR count). The molecule has 0 aliphatic carbocycles. The van der Waals surface area contributed by atoms with Crippen LogP contribution in [0.2, 0.25) is 0 Å². The summed E-state index contributed by atoms with van der Waals surface area (Å²) in [4.78, 5) is 17.9. The molecule has 92 valence electrons. The molecule has 5 nitrogen and oxygen atoms in total. The van der Waals surface area contributed by atoms with Gasteiger partial charge in [-0.25, -0.2) is 0 Å². The van der Waals surface area contributed by atoms with Crippen molar-refractivity contribution in [1.29, 1.82) is 0 Å². The fourth-order valence-electron chi connectivity index (χ4n) is 2.09. The van der Waals surface area contributed by atoms with E-state index < -0.39 is 6.10 Å². The zero-order valence-electron chi connectivity index (χ0n) is 9.89. The Balaban J connectivity index is 2.18. The molecule has 1 aliphatic heterocycles. The normalized spacial score (nSPS) is 20.1. The number of carbonyl (C=O) groups is 1. The molecular formula is C12H17N3O2. The second kappa shape index (κ2) is 5.14. The van der Waals surface area contributed by atoms with Crippen LogP contribution < -0.4 is 5.32 Å². The number of β-amino-alcohol motifs (C(OH)–C–C–N with tert-alkyl or cyclic N) is 1. The molecule has 1 aromatic heterocycles. The Morgan fingerprint density at radius 1 is 1.65 bits per heavy atom. The van der Waals surface area contributed by atoms with Crippen LogP contribution in [0.25, 0.3) is 0 Å². The molecule has 5 heteroatoms. The highest BCUT2D eigenvalue weighted by atomic mass is 16.3. The molecule has 0 bridgehead atoms. The Hall–Kier alpha value is -1.62. The van der Waals surface area contributed by atoms with Gasteiger partial charge in [0, 0.05) is 38.2 Å². The third-order valence-electron chi connectivity index (χ3n) is 3.00. The summed E-state index contributed by atoms with van der Waals surface area (Å²) in [5.41, 5.74) is 1.33. The van der Waals surface area contributed by atoms with Gasteiger partial charge in [-0.15, -0.1) is 0 Å². The van der Waals surface area contributed by atoms with Crippen molar-refractivity contribution in [3.05, 3.63) is 24.0 Å². The van der Waals surface area contributed by atoms with Gasteiger partial charge in [0.1, 0.15) is 0 Å². The lowest BCUT2D eigenvalue weighted by molar-refractivity contribution is 0.0474. The van der Waals surface area contributed by atoms with Gasteiger partial charge in [0.15, 0.2) is 0 Å². The number of aliphatic hydroxyl groups is 1. The van der Waals surface area contributed by atoms with E-state index in [0.717, 1.165) is 18.5 Å². The van der Waals surface area contributed by atoms with Gasteiger partial charge < -0.3 is 15.3 Å². The molecule has 2 heterocycles. The van der Waals surface area contributed by atoms with Crippen molar-refractivity contribution < 1.29 is 9.90 Å². The fourth-order valence-corrected chi connectivity index (χ4v) is 2.09. The van der Waals surface area contributed by atoms with Crippen LogP contribution in [-0.4, -0.2) is 47.1 Å². The standard InChI is InChI=1S/C12H17N3O2/c1-13-11-4-5-14-7-10(11)12(17)15-6-2-3-9(16)8-15/h4-5,7,9,16H,2-3,6,8H2,1H3,(H,13,14). The molecule has 0 radical (unpaired) electrons. The third-order valence-corrected chi connectivity index (χ3v) is 3.00. The SMILES string of the molecule is CNc1ccncc1C(=O)N1CCCC(O)C1. The molecule has 1 atom stereocenters. The molecule has 1 unspecified atom stereocenters. The minimum absolute atomic E-state index is 0.0683. The summed E-state index contributed by atoms with van der Waals surface area (Å²) in [5.74, 6) is -0.0683. The monoisotopic (exact) mass is 235 g/mol. The number of hydrogen-bond donors (Lipinski definition) is 2. The molecule has 1 amide bonds. The maximum atomic E-state index is 12.3. The number of pyridine rings is 1. The molecular weight excluding hydrogens is 218 g/mol. The number of anilines is 1. The number of amides is 1. The number of hydrogen-bond acceptors (Lipinski definition) is 4. The van der Waals surface area contributed by atoms with E-state index in [1.165, 1.54) is 0 Å². The van der Waals surface area contributed by atoms with Crippen LogP contribution >= 0.6 is 0 Å². The zero-order chi connectivity index (χ0) is 12.3. The van der Waals surface area contributed by atoms with Crippen molar-refractivity contribution in [2.45, 2.75) is 18.9 Å². The van der Waals surface area contributed by atoms with Crippen molar-refractivity contribution in [3.63, 3.8) is 0 Å².